The maximum Gasteiger partial charge on any atom is 0.313 e. The van der Waals surface area contributed by atoms with E-state index in [9.17, 15) is 9.90 Å². The number of carboxylic acids is 1. The molecule has 0 aromatic rings. The number of aliphatic carboxylic acids is 1. The topological polar surface area (TPSA) is 37.3 Å². The van der Waals surface area contributed by atoms with Crippen LogP contribution >= 0.6 is 0 Å². The lowest BCUT2D eigenvalue weighted by Crippen LogP contribution is -2.29. The molecule has 1 N–H and O–H groups in total. The summed E-state index contributed by atoms with van der Waals surface area (Å²) in [5, 5.41) is 9.26. The summed E-state index contributed by atoms with van der Waals surface area (Å²) in [4.78, 5) is 11.3. The van der Waals surface area contributed by atoms with Crippen LogP contribution in [-0.4, -0.2) is 11.1 Å². The van der Waals surface area contributed by atoms with Crippen LogP contribution in [0.1, 0.15) is 45.4 Å². The van der Waals surface area contributed by atoms with Crippen molar-refractivity contribution in [3.8, 4) is 0 Å². The molecular weight excluding hydrogens is 188 g/mol. The van der Waals surface area contributed by atoms with Gasteiger partial charge in [0.1, 0.15) is 0 Å². The first-order valence-electron chi connectivity index (χ1n) is 5.79. The van der Waals surface area contributed by atoms with E-state index in [1.54, 1.807) is 0 Å². The van der Waals surface area contributed by atoms with Crippen LogP contribution in [0.3, 0.4) is 0 Å². The summed E-state index contributed by atoms with van der Waals surface area (Å²) < 4.78 is 0. The van der Waals surface area contributed by atoms with Crippen LogP contribution in [-0.2, 0) is 4.79 Å². The highest BCUT2D eigenvalue weighted by Gasteiger charge is 2.34. The van der Waals surface area contributed by atoms with E-state index in [1.165, 1.54) is 12.8 Å². The molecule has 0 radical (unpaired) electrons. The maximum absolute atomic E-state index is 11.3. The van der Waals surface area contributed by atoms with E-state index in [4.69, 9.17) is 0 Å². The summed E-state index contributed by atoms with van der Waals surface area (Å²) in [6.45, 7) is 2.16. The minimum Gasteiger partial charge on any atom is -0.481 e. The van der Waals surface area contributed by atoms with Crippen LogP contribution in [0.25, 0.3) is 0 Å². The molecule has 0 saturated carbocycles. The van der Waals surface area contributed by atoms with Crippen molar-refractivity contribution in [2.75, 3.05) is 0 Å². The van der Waals surface area contributed by atoms with Crippen molar-refractivity contribution in [2.45, 2.75) is 45.4 Å². The number of unbranched alkanes of at least 4 members (excludes halogenated alkanes) is 3. The Morgan fingerprint density at radius 3 is 2.67 bits per heavy atom. The van der Waals surface area contributed by atoms with Crippen LogP contribution in [0.4, 0.5) is 0 Å². The van der Waals surface area contributed by atoms with E-state index in [0.29, 0.717) is 6.42 Å². The van der Waals surface area contributed by atoms with Gasteiger partial charge < -0.3 is 5.11 Å². The van der Waals surface area contributed by atoms with Gasteiger partial charge in [-0.2, -0.15) is 0 Å². The monoisotopic (exact) mass is 208 g/mol. The molecule has 2 heteroatoms. The molecule has 1 rings (SSSR count). The first-order chi connectivity index (χ1) is 7.21. The molecule has 1 unspecified atom stereocenters. The Bertz CT molecular complexity index is 266. The highest BCUT2D eigenvalue weighted by molar-refractivity contribution is 5.77. The number of allylic oxidation sites excluding steroid dienone is 3. The predicted octanol–water partition coefficient (Wildman–Crippen LogP) is 3.54. The standard InChI is InChI=1S/C13H20O2/c1-2-3-4-6-9-13(12(14)15)10-7-5-8-11-13/h5,7-8,10H,2-4,6,9,11H2,1H3,(H,14,15). The zero-order valence-corrected chi connectivity index (χ0v) is 9.41. The number of carboxylic acid groups (broad SMARTS) is 1. The lowest BCUT2D eigenvalue weighted by atomic mass is 9.77. The molecule has 15 heavy (non-hydrogen) atoms. The molecule has 0 bridgehead atoms. The fourth-order valence-corrected chi connectivity index (χ4v) is 1.98. The second kappa shape index (κ2) is 5.74. The van der Waals surface area contributed by atoms with Gasteiger partial charge in [-0.15, -0.1) is 0 Å². The fraction of sp³-hybridized carbons (Fsp3) is 0.615. The van der Waals surface area contributed by atoms with E-state index in [2.05, 4.69) is 6.92 Å². The Balaban J connectivity index is 2.48. The molecule has 0 heterocycles. The number of rotatable bonds is 6. The summed E-state index contributed by atoms with van der Waals surface area (Å²) in [6, 6.07) is 0. The summed E-state index contributed by atoms with van der Waals surface area (Å²) in [6.07, 6.45) is 13.5. The normalized spacial score (nSPS) is 24.3. The third kappa shape index (κ3) is 3.22. The van der Waals surface area contributed by atoms with Gasteiger partial charge in [-0.1, -0.05) is 56.9 Å². The first-order valence-corrected chi connectivity index (χ1v) is 5.79. The van der Waals surface area contributed by atoms with Gasteiger partial charge in [-0.25, -0.2) is 0 Å². The Hall–Kier alpha value is -1.05. The van der Waals surface area contributed by atoms with Gasteiger partial charge in [0.05, 0.1) is 5.41 Å². The Morgan fingerprint density at radius 2 is 2.13 bits per heavy atom. The number of hydrogen-bond donors (Lipinski definition) is 1. The van der Waals surface area contributed by atoms with E-state index < -0.39 is 11.4 Å². The lowest BCUT2D eigenvalue weighted by Gasteiger charge is -2.26. The van der Waals surface area contributed by atoms with Crippen molar-refractivity contribution in [1.29, 1.82) is 0 Å². The molecule has 1 aliphatic carbocycles. The van der Waals surface area contributed by atoms with E-state index in [1.807, 2.05) is 24.3 Å². The second-order valence-corrected chi connectivity index (χ2v) is 4.26. The highest BCUT2D eigenvalue weighted by atomic mass is 16.4. The molecule has 1 aliphatic rings. The van der Waals surface area contributed by atoms with Gasteiger partial charge in [0.15, 0.2) is 0 Å². The molecule has 0 spiro atoms. The van der Waals surface area contributed by atoms with Gasteiger partial charge in [-0.05, 0) is 12.8 Å². The molecule has 0 amide bonds. The van der Waals surface area contributed by atoms with E-state index in [0.717, 1.165) is 19.3 Å². The summed E-state index contributed by atoms with van der Waals surface area (Å²) in [5.41, 5.74) is -0.623. The SMILES string of the molecule is CCCCCCC1(C(=O)O)C=CC=CC1. The number of hydrogen-bond acceptors (Lipinski definition) is 1. The quantitative estimate of drug-likeness (QED) is 0.678. The summed E-state index contributed by atoms with van der Waals surface area (Å²) in [7, 11) is 0. The fourth-order valence-electron chi connectivity index (χ4n) is 1.98. The van der Waals surface area contributed by atoms with Crippen LogP contribution in [0, 0.1) is 5.41 Å². The smallest absolute Gasteiger partial charge is 0.313 e. The van der Waals surface area contributed by atoms with Gasteiger partial charge >= 0.3 is 5.97 Å². The molecule has 1 atom stereocenters. The first kappa shape index (κ1) is 12.0. The average Bonchev–Trinajstić information content (AvgIpc) is 2.26. The van der Waals surface area contributed by atoms with Crippen LogP contribution in [0.5, 0.6) is 0 Å². The Kier molecular flexibility index (Phi) is 4.60. The predicted molar refractivity (Wildman–Crippen MR) is 61.7 cm³/mol. The minimum atomic E-state index is -0.681. The molecule has 84 valence electrons. The Morgan fingerprint density at radius 1 is 1.33 bits per heavy atom. The van der Waals surface area contributed by atoms with Crippen molar-refractivity contribution in [3.05, 3.63) is 24.3 Å². The molecule has 2 nitrogen and oxygen atoms in total. The molecule has 0 aromatic heterocycles. The summed E-state index contributed by atoms with van der Waals surface area (Å²) in [5.74, 6) is -0.681. The van der Waals surface area contributed by atoms with Crippen LogP contribution in [0.15, 0.2) is 24.3 Å². The van der Waals surface area contributed by atoms with Gasteiger partial charge in [0.2, 0.25) is 0 Å². The third-order valence-electron chi connectivity index (χ3n) is 3.05. The third-order valence-corrected chi connectivity index (χ3v) is 3.05. The lowest BCUT2D eigenvalue weighted by molar-refractivity contribution is -0.146. The van der Waals surface area contributed by atoms with E-state index in [-0.39, 0.29) is 0 Å². The van der Waals surface area contributed by atoms with Crippen LogP contribution in [0.2, 0.25) is 0 Å². The molecule has 0 saturated heterocycles. The summed E-state index contributed by atoms with van der Waals surface area (Å²) >= 11 is 0. The second-order valence-electron chi connectivity index (χ2n) is 4.26. The van der Waals surface area contributed by atoms with Gasteiger partial charge in [-0.3, -0.25) is 4.79 Å². The maximum atomic E-state index is 11.3. The zero-order valence-electron chi connectivity index (χ0n) is 9.41. The zero-order chi connectivity index (χ0) is 11.1. The van der Waals surface area contributed by atoms with Crippen molar-refractivity contribution < 1.29 is 9.90 Å². The molecule has 0 aliphatic heterocycles. The molecule has 0 fully saturated rings. The van der Waals surface area contributed by atoms with E-state index >= 15 is 0 Å². The minimum absolute atomic E-state index is 0.623. The van der Waals surface area contributed by atoms with Crippen molar-refractivity contribution >= 4 is 5.97 Å². The highest BCUT2D eigenvalue weighted by Crippen LogP contribution is 2.34. The average molecular weight is 208 g/mol. The molecule has 0 aromatic carbocycles. The van der Waals surface area contributed by atoms with Crippen molar-refractivity contribution in [3.63, 3.8) is 0 Å². The van der Waals surface area contributed by atoms with Gasteiger partial charge in [0.25, 0.3) is 0 Å². The van der Waals surface area contributed by atoms with Crippen molar-refractivity contribution in [1.82, 2.24) is 0 Å². The van der Waals surface area contributed by atoms with Gasteiger partial charge in [0, 0.05) is 0 Å². The van der Waals surface area contributed by atoms with Crippen LogP contribution < -0.4 is 0 Å². The Labute approximate surface area is 91.7 Å². The number of carbonyl (C=O) groups is 1. The largest absolute Gasteiger partial charge is 0.481 e. The van der Waals surface area contributed by atoms with Crippen molar-refractivity contribution in [2.24, 2.45) is 5.41 Å². The molecular formula is C13H20O2.